The Balaban J connectivity index is 2.22. The van der Waals surface area contributed by atoms with Crippen molar-refractivity contribution in [3.05, 3.63) is 47.8 Å². The number of hydrogen-bond acceptors (Lipinski definition) is 3. The standard InChI is InChI=1S/C14H11FN2S/c1-8-2-4-10(16)7-11(8)14-17-12-5-3-9(15)6-13(12)18-14/h2-7H,16H2,1H3. The van der Waals surface area contributed by atoms with Crippen LogP contribution in [0.15, 0.2) is 36.4 Å². The van der Waals surface area contributed by atoms with Crippen molar-refractivity contribution < 1.29 is 4.39 Å². The van der Waals surface area contributed by atoms with Crippen molar-refractivity contribution in [1.82, 2.24) is 4.98 Å². The fourth-order valence-electron chi connectivity index (χ4n) is 1.88. The van der Waals surface area contributed by atoms with E-state index in [2.05, 4.69) is 4.98 Å². The molecule has 0 saturated carbocycles. The highest BCUT2D eigenvalue weighted by molar-refractivity contribution is 7.21. The second-order valence-electron chi connectivity index (χ2n) is 4.21. The molecule has 3 rings (SSSR count). The minimum atomic E-state index is -0.234. The van der Waals surface area contributed by atoms with Crippen molar-refractivity contribution in [2.24, 2.45) is 0 Å². The van der Waals surface area contributed by atoms with Gasteiger partial charge >= 0.3 is 0 Å². The molecule has 0 saturated heterocycles. The fourth-order valence-corrected chi connectivity index (χ4v) is 2.96. The molecule has 0 unspecified atom stereocenters. The molecule has 0 aliphatic rings. The van der Waals surface area contributed by atoms with Crippen LogP contribution in [0.1, 0.15) is 5.56 Å². The predicted molar refractivity (Wildman–Crippen MR) is 74.2 cm³/mol. The minimum absolute atomic E-state index is 0.234. The SMILES string of the molecule is Cc1ccc(N)cc1-c1nc2ccc(F)cc2s1. The molecule has 90 valence electrons. The fraction of sp³-hybridized carbons (Fsp3) is 0.0714. The number of rotatable bonds is 1. The quantitative estimate of drug-likeness (QED) is 0.670. The molecule has 1 aromatic heterocycles. The van der Waals surface area contributed by atoms with E-state index in [0.29, 0.717) is 5.69 Å². The highest BCUT2D eigenvalue weighted by Gasteiger charge is 2.09. The second kappa shape index (κ2) is 4.07. The monoisotopic (exact) mass is 258 g/mol. The highest BCUT2D eigenvalue weighted by atomic mass is 32.1. The van der Waals surface area contributed by atoms with Gasteiger partial charge in [0.1, 0.15) is 10.8 Å². The zero-order chi connectivity index (χ0) is 12.7. The van der Waals surface area contributed by atoms with Gasteiger partial charge in [-0.3, -0.25) is 0 Å². The molecule has 18 heavy (non-hydrogen) atoms. The van der Waals surface area contributed by atoms with E-state index in [1.54, 1.807) is 6.07 Å². The van der Waals surface area contributed by atoms with Gasteiger partial charge < -0.3 is 5.73 Å². The van der Waals surface area contributed by atoms with Gasteiger partial charge in [-0.1, -0.05) is 6.07 Å². The molecule has 2 N–H and O–H groups in total. The van der Waals surface area contributed by atoms with Crippen LogP contribution in [0.2, 0.25) is 0 Å². The van der Waals surface area contributed by atoms with Gasteiger partial charge in [-0.15, -0.1) is 11.3 Å². The summed E-state index contributed by atoms with van der Waals surface area (Å²) in [4.78, 5) is 4.52. The Labute approximate surface area is 108 Å². The van der Waals surface area contributed by atoms with Crippen molar-refractivity contribution in [2.45, 2.75) is 6.92 Å². The van der Waals surface area contributed by atoms with Gasteiger partial charge in [0.05, 0.1) is 10.2 Å². The maximum atomic E-state index is 13.2. The van der Waals surface area contributed by atoms with E-state index >= 15 is 0 Å². The summed E-state index contributed by atoms with van der Waals surface area (Å²) in [5.74, 6) is -0.234. The van der Waals surface area contributed by atoms with Gasteiger partial charge in [0.15, 0.2) is 0 Å². The van der Waals surface area contributed by atoms with Crippen LogP contribution < -0.4 is 5.73 Å². The Morgan fingerprint density at radius 3 is 2.83 bits per heavy atom. The summed E-state index contributed by atoms with van der Waals surface area (Å²) in [6.07, 6.45) is 0. The third kappa shape index (κ3) is 1.84. The second-order valence-corrected chi connectivity index (χ2v) is 5.24. The number of nitrogens with zero attached hydrogens (tertiary/aromatic N) is 1. The van der Waals surface area contributed by atoms with Crippen LogP contribution in [0.25, 0.3) is 20.8 Å². The number of anilines is 1. The summed E-state index contributed by atoms with van der Waals surface area (Å²) < 4.78 is 14.0. The van der Waals surface area contributed by atoms with E-state index < -0.39 is 0 Å². The first-order chi connectivity index (χ1) is 8.63. The van der Waals surface area contributed by atoms with Crippen LogP contribution in [-0.4, -0.2) is 4.98 Å². The van der Waals surface area contributed by atoms with E-state index in [-0.39, 0.29) is 5.82 Å². The molecule has 4 heteroatoms. The number of nitrogens with two attached hydrogens (primary N) is 1. The Bertz CT molecular complexity index is 734. The third-order valence-corrected chi connectivity index (χ3v) is 3.89. The lowest BCUT2D eigenvalue weighted by atomic mass is 10.1. The largest absolute Gasteiger partial charge is 0.399 e. The number of thiazole rings is 1. The van der Waals surface area contributed by atoms with E-state index in [4.69, 9.17) is 5.73 Å². The molecule has 2 nitrogen and oxygen atoms in total. The number of nitrogen functional groups attached to an aromatic ring is 1. The normalized spacial score (nSPS) is 11.0. The van der Waals surface area contributed by atoms with Crippen LogP contribution >= 0.6 is 11.3 Å². The van der Waals surface area contributed by atoms with E-state index in [1.807, 2.05) is 25.1 Å². The minimum Gasteiger partial charge on any atom is -0.399 e. The number of aromatic nitrogens is 1. The molecule has 1 heterocycles. The van der Waals surface area contributed by atoms with Crippen LogP contribution in [0.5, 0.6) is 0 Å². The lowest BCUT2D eigenvalue weighted by molar-refractivity contribution is 0.630. The smallest absolute Gasteiger partial charge is 0.124 e. The third-order valence-electron chi connectivity index (χ3n) is 2.84. The topological polar surface area (TPSA) is 38.9 Å². The maximum absolute atomic E-state index is 13.2. The van der Waals surface area contributed by atoms with Crippen molar-refractivity contribution in [3.63, 3.8) is 0 Å². The molecular weight excluding hydrogens is 247 g/mol. The molecule has 0 bridgehead atoms. The van der Waals surface area contributed by atoms with Crippen molar-refractivity contribution in [3.8, 4) is 10.6 Å². The molecule has 0 fully saturated rings. The summed E-state index contributed by atoms with van der Waals surface area (Å²) in [5, 5.41) is 0.875. The Morgan fingerprint density at radius 2 is 2.00 bits per heavy atom. The predicted octanol–water partition coefficient (Wildman–Crippen LogP) is 3.99. The summed E-state index contributed by atoms with van der Waals surface area (Å²) in [7, 11) is 0. The van der Waals surface area contributed by atoms with Gasteiger partial charge in [0, 0.05) is 11.3 Å². The molecule has 0 radical (unpaired) electrons. The lowest BCUT2D eigenvalue weighted by Crippen LogP contribution is -1.88. The summed E-state index contributed by atoms with van der Waals surface area (Å²) in [5.41, 5.74) is 9.45. The molecule has 0 amide bonds. The Morgan fingerprint density at radius 1 is 1.17 bits per heavy atom. The number of fused-ring (bicyclic) bond motifs is 1. The number of halogens is 1. The van der Waals surface area contributed by atoms with E-state index in [1.165, 1.54) is 23.5 Å². The average Bonchev–Trinajstić information content (AvgIpc) is 2.74. The van der Waals surface area contributed by atoms with Crippen LogP contribution in [0.3, 0.4) is 0 Å². The van der Waals surface area contributed by atoms with E-state index in [0.717, 1.165) is 26.4 Å². The first-order valence-corrected chi connectivity index (χ1v) is 6.38. The number of benzene rings is 2. The van der Waals surface area contributed by atoms with E-state index in [9.17, 15) is 4.39 Å². The number of hydrogen-bond donors (Lipinski definition) is 1. The number of aryl methyl sites for hydroxylation is 1. The summed E-state index contributed by atoms with van der Waals surface area (Å²) >= 11 is 1.48. The first kappa shape index (κ1) is 11.2. The maximum Gasteiger partial charge on any atom is 0.124 e. The molecular formula is C14H11FN2S. The molecule has 0 aliphatic carbocycles. The zero-order valence-corrected chi connectivity index (χ0v) is 10.6. The molecule has 0 atom stereocenters. The van der Waals surface area contributed by atoms with Gasteiger partial charge in [-0.05, 0) is 42.8 Å². The van der Waals surface area contributed by atoms with Gasteiger partial charge in [-0.2, -0.15) is 0 Å². The van der Waals surface area contributed by atoms with Crippen molar-refractivity contribution >= 4 is 27.2 Å². The lowest BCUT2D eigenvalue weighted by Gasteiger charge is -2.02. The van der Waals surface area contributed by atoms with Crippen LogP contribution in [0, 0.1) is 12.7 Å². The van der Waals surface area contributed by atoms with Gasteiger partial charge in [-0.25, -0.2) is 9.37 Å². The van der Waals surface area contributed by atoms with Crippen LogP contribution in [-0.2, 0) is 0 Å². The van der Waals surface area contributed by atoms with Gasteiger partial charge in [0.2, 0.25) is 0 Å². The van der Waals surface area contributed by atoms with Crippen molar-refractivity contribution in [2.75, 3.05) is 5.73 Å². The highest BCUT2D eigenvalue weighted by Crippen LogP contribution is 2.33. The Kier molecular flexibility index (Phi) is 2.52. The average molecular weight is 258 g/mol. The summed E-state index contributed by atoms with van der Waals surface area (Å²) in [6.45, 7) is 2.02. The Hall–Kier alpha value is -1.94. The van der Waals surface area contributed by atoms with Crippen molar-refractivity contribution in [1.29, 1.82) is 0 Å². The first-order valence-electron chi connectivity index (χ1n) is 5.56. The van der Waals surface area contributed by atoms with Gasteiger partial charge in [0.25, 0.3) is 0 Å². The molecule has 3 aromatic rings. The summed E-state index contributed by atoms with van der Waals surface area (Å²) in [6, 6.07) is 10.4. The zero-order valence-electron chi connectivity index (χ0n) is 9.77. The van der Waals surface area contributed by atoms with Crippen LogP contribution in [0.4, 0.5) is 10.1 Å². The molecule has 0 aliphatic heterocycles. The molecule has 2 aromatic carbocycles. The molecule has 0 spiro atoms.